The minimum atomic E-state index is -2.78. The molecule has 4 heteroatoms. The van der Waals surface area contributed by atoms with E-state index < -0.39 is 9.84 Å². The molecular formula is C14H29NO2S. The van der Waals surface area contributed by atoms with Crippen LogP contribution in [0.1, 0.15) is 52.4 Å². The highest BCUT2D eigenvalue weighted by atomic mass is 32.2. The normalized spacial score (nSPS) is 29.4. The fourth-order valence-corrected chi connectivity index (χ4v) is 4.04. The van der Waals surface area contributed by atoms with Gasteiger partial charge in [0.25, 0.3) is 0 Å². The first-order chi connectivity index (χ1) is 8.52. The molecular weight excluding hydrogens is 246 g/mol. The first kappa shape index (κ1) is 16.0. The highest BCUT2D eigenvalue weighted by molar-refractivity contribution is 7.91. The Kier molecular flexibility index (Phi) is 6.64. The van der Waals surface area contributed by atoms with Crippen LogP contribution >= 0.6 is 0 Å². The molecule has 3 unspecified atom stereocenters. The van der Waals surface area contributed by atoms with E-state index in [1.54, 1.807) is 6.92 Å². The largest absolute Gasteiger partial charge is 0.317 e. The van der Waals surface area contributed by atoms with Crippen LogP contribution < -0.4 is 5.32 Å². The Labute approximate surface area is 113 Å². The van der Waals surface area contributed by atoms with Gasteiger partial charge in [0.1, 0.15) is 9.84 Å². The minimum Gasteiger partial charge on any atom is -0.317 e. The fraction of sp³-hybridized carbons (Fsp3) is 1.00. The first-order valence-corrected chi connectivity index (χ1v) is 9.22. The van der Waals surface area contributed by atoms with Gasteiger partial charge in [-0.05, 0) is 51.0 Å². The lowest BCUT2D eigenvalue weighted by molar-refractivity contribution is 0.195. The van der Waals surface area contributed by atoms with Gasteiger partial charge in [-0.3, -0.25) is 0 Å². The Morgan fingerprint density at radius 1 is 1.22 bits per heavy atom. The van der Waals surface area contributed by atoms with Crippen LogP contribution in [0.3, 0.4) is 0 Å². The minimum absolute atomic E-state index is 0.282. The van der Waals surface area contributed by atoms with E-state index >= 15 is 0 Å². The van der Waals surface area contributed by atoms with E-state index in [-0.39, 0.29) is 5.75 Å². The van der Waals surface area contributed by atoms with Crippen LogP contribution in [0.4, 0.5) is 0 Å². The van der Waals surface area contributed by atoms with E-state index in [4.69, 9.17) is 0 Å². The van der Waals surface area contributed by atoms with Crippen LogP contribution in [-0.4, -0.2) is 33.0 Å². The second-order valence-electron chi connectivity index (χ2n) is 5.62. The van der Waals surface area contributed by atoms with Gasteiger partial charge in [-0.1, -0.05) is 20.3 Å². The quantitative estimate of drug-likeness (QED) is 0.777. The van der Waals surface area contributed by atoms with E-state index in [1.807, 2.05) is 7.05 Å². The molecule has 1 aliphatic carbocycles. The molecule has 1 N–H and O–H groups in total. The molecule has 0 radical (unpaired) electrons. The average Bonchev–Trinajstić information content (AvgIpc) is 2.38. The van der Waals surface area contributed by atoms with Crippen molar-refractivity contribution >= 4 is 9.84 Å². The third-order valence-electron chi connectivity index (χ3n) is 4.51. The Balaban J connectivity index is 2.42. The predicted molar refractivity (Wildman–Crippen MR) is 77.5 cm³/mol. The molecule has 0 aromatic carbocycles. The van der Waals surface area contributed by atoms with Crippen molar-refractivity contribution in [2.45, 2.75) is 58.4 Å². The lowest BCUT2D eigenvalue weighted by Crippen LogP contribution is -2.38. The molecule has 18 heavy (non-hydrogen) atoms. The maximum absolute atomic E-state index is 11.5. The molecule has 0 amide bonds. The SMILES string of the molecule is CCC1CCC(NC)C(CCCS(=O)(=O)CC)C1. The molecule has 0 bridgehead atoms. The molecule has 108 valence electrons. The Morgan fingerprint density at radius 3 is 2.50 bits per heavy atom. The second kappa shape index (κ2) is 7.49. The van der Waals surface area contributed by atoms with E-state index in [0.717, 1.165) is 18.8 Å². The third kappa shape index (κ3) is 4.88. The summed E-state index contributed by atoms with van der Waals surface area (Å²) in [7, 11) is -0.750. The molecule has 1 aliphatic rings. The van der Waals surface area contributed by atoms with Gasteiger partial charge in [0, 0.05) is 11.8 Å². The zero-order valence-electron chi connectivity index (χ0n) is 12.1. The van der Waals surface area contributed by atoms with E-state index in [9.17, 15) is 8.42 Å². The van der Waals surface area contributed by atoms with Gasteiger partial charge in [-0.15, -0.1) is 0 Å². The van der Waals surface area contributed by atoms with Crippen molar-refractivity contribution in [3.8, 4) is 0 Å². The number of hydrogen-bond donors (Lipinski definition) is 1. The maximum atomic E-state index is 11.5. The average molecular weight is 275 g/mol. The molecule has 0 aromatic rings. The summed E-state index contributed by atoms with van der Waals surface area (Å²) in [5.74, 6) is 2.17. The molecule has 0 spiro atoms. The van der Waals surface area contributed by atoms with Crippen LogP contribution in [0.2, 0.25) is 0 Å². The van der Waals surface area contributed by atoms with Gasteiger partial charge in [0.15, 0.2) is 0 Å². The van der Waals surface area contributed by atoms with Crippen LogP contribution in [0.25, 0.3) is 0 Å². The van der Waals surface area contributed by atoms with Gasteiger partial charge in [0.05, 0.1) is 5.75 Å². The van der Waals surface area contributed by atoms with Crippen molar-refractivity contribution in [1.82, 2.24) is 5.32 Å². The van der Waals surface area contributed by atoms with Crippen LogP contribution in [0.15, 0.2) is 0 Å². The summed E-state index contributed by atoms with van der Waals surface area (Å²) in [4.78, 5) is 0. The molecule has 1 saturated carbocycles. The number of hydrogen-bond acceptors (Lipinski definition) is 3. The van der Waals surface area contributed by atoms with Crippen molar-refractivity contribution in [3.63, 3.8) is 0 Å². The van der Waals surface area contributed by atoms with Crippen molar-refractivity contribution in [1.29, 1.82) is 0 Å². The summed E-state index contributed by atoms with van der Waals surface area (Å²) in [5, 5.41) is 3.41. The van der Waals surface area contributed by atoms with Crippen LogP contribution in [0, 0.1) is 11.8 Å². The standard InChI is InChI=1S/C14H29NO2S/c1-4-12-8-9-14(15-3)13(11-12)7-6-10-18(16,17)5-2/h12-15H,4-11H2,1-3H3. The summed E-state index contributed by atoms with van der Waals surface area (Å²) in [5.41, 5.74) is 0. The van der Waals surface area contributed by atoms with Gasteiger partial charge in [-0.2, -0.15) is 0 Å². The molecule has 0 heterocycles. The first-order valence-electron chi connectivity index (χ1n) is 7.40. The topological polar surface area (TPSA) is 46.2 Å². The van der Waals surface area contributed by atoms with Gasteiger partial charge >= 0.3 is 0 Å². The summed E-state index contributed by atoms with van der Waals surface area (Å²) in [6, 6.07) is 0.595. The highest BCUT2D eigenvalue weighted by Crippen LogP contribution is 2.33. The van der Waals surface area contributed by atoms with E-state index in [1.165, 1.54) is 25.7 Å². The Morgan fingerprint density at radius 2 is 1.94 bits per heavy atom. The van der Waals surface area contributed by atoms with Gasteiger partial charge in [0.2, 0.25) is 0 Å². The van der Waals surface area contributed by atoms with Gasteiger partial charge in [-0.25, -0.2) is 8.42 Å². The highest BCUT2D eigenvalue weighted by Gasteiger charge is 2.28. The molecule has 1 rings (SSSR count). The van der Waals surface area contributed by atoms with E-state index in [2.05, 4.69) is 12.2 Å². The fourth-order valence-electron chi connectivity index (χ4n) is 3.14. The van der Waals surface area contributed by atoms with Crippen molar-refractivity contribution in [3.05, 3.63) is 0 Å². The Bertz CT molecular complexity index is 327. The van der Waals surface area contributed by atoms with Crippen molar-refractivity contribution < 1.29 is 8.42 Å². The summed E-state index contributed by atoms with van der Waals surface area (Å²) in [6.07, 6.45) is 7.00. The van der Waals surface area contributed by atoms with Crippen LogP contribution in [-0.2, 0) is 9.84 Å². The summed E-state index contributed by atoms with van der Waals surface area (Å²) >= 11 is 0. The van der Waals surface area contributed by atoms with Gasteiger partial charge < -0.3 is 5.32 Å². The molecule has 0 aromatic heterocycles. The second-order valence-corrected chi connectivity index (χ2v) is 8.09. The summed E-state index contributed by atoms with van der Waals surface area (Å²) < 4.78 is 23.0. The number of nitrogens with one attached hydrogen (secondary N) is 1. The zero-order valence-corrected chi connectivity index (χ0v) is 12.9. The molecule has 3 atom stereocenters. The molecule has 0 aliphatic heterocycles. The summed E-state index contributed by atoms with van der Waals surface area (Å²) in [6.45, 7) is 4.00. The predicted octanol–water partition coefficient (Wildman–Crippen LogP) is 2.62. The smallest absolute Gasteiger partial charge is 0.150 e. The number of sulfone groups is 1. The number of rotatable bonds is 7. The van der Waals surface area contributed by atoms with E-state index in [0.29, 0.717) is 17.7 Å². The third-order valence-corrected chi connectivity index (χ3v) is 6.30. The monoisotopic (exact) mass is 275 g/mol. The Hall–Kier alpha value is -0.0900. The maximum Gasteiger partial charge on any atom is 0.150 e. The van der Waals surface area contributed by atoms with Crippen LogP contribution in [0.5, 0.6) is 0 Å². The van der Waals surface area contributed by atoms with Crippen molar-refractivity contribution in [2.24, 2.45) is 11.8 Å². The molecule has 1 fully saturated rings. The zero-order chi connectivity index (χ0) is 13.6. The lowest BCUT2D eigenvalue weighted by atomic mass is 9.75. The lowest BCUT2D eigenvalue weighted by Gasteiger charge is -2.36. The van der Waals surface area contributed by atoms with Crippen molar-refractivity contribution in [2.75, 3.05) is 18.6 Å². The molecule has 3 nitrogen and oxygen atoms in total. The molecule has 0 saturated heterocycles.